The maximum atomic E-state index is 13.4. The van der Waals surface area contributed by atoms with Crippen LogP contribution in [-0.4, -0.2) is 14.6 Å². The van der Waals surface area contributed by atoms with Crippen molar-refractivity contribution in [1.82, 2.24) is 14.6 Å². The molecule has 160 valence electrons. The zero-order valence-corrected chi connectivity index (χ0v) is 17.8. The van der Waals surface area contributed by atoms with Gasteiger partial charge in [0.2, 0.25) is 0 Å². The number of ether oxygens (including phenoxy) is 1. The SMILES string of the molecule is N#Cc1cc2nc(-c3ccc(OCc4ccccc4)cc3)c(C3CCCCC3)c(=O)n2[nH]1. The minimum atomic E-state index is -0.109. The van der Waals surface area contributed by atoms with Crippen molar-refractivity contribution in [2.45, 2.75) is 44.6 Å². The summed E-state index contributed by atoms with van der Waals surface area (Å²) in [5, 5.41) is 12.1. The van der Waals surface area contributed by atoms with Crippen LogP contribution in [0.3, 0.4) is 0 Å². The Balaban J connectivity index is 1.52. The average molecular weight is 425 g/mol. The van der Waals surface area contributed by atoms with Crippen molar-refractivity contribution in [2.75, 3.05) is 0 Å². The zero-order chi connectivity index (χ0) is 21.9. The zero-order valence-electron chi connectivity index (χ0n) is 17.8. The fourth-order valence-electron chi connectivity index (χ4n) is 4.52. The van der Waals surface area contributed by atoms with Crippen molar-refractivity contribution in [2.24, 2.45) is 0 Å². The molecule has 32 heavy (non-hydrogen) atoms. The van der Waals surface area contributed by atoms with Crippen LogP contribution in [0.2, 0.25) is 0 Å². The first kappa shape index (κ1) is 20.1. The van der Waals surface area contributed by atoms with Crippen LogP contribution in [0.5, 0.6) is 5.75 Å². The molecule has 0 bridgehead atoms. The smallest absolute Gasteiger partial charge is 0.276 e. The van der Waals surface area contributed by atoms with E-state index >= 15 is 0 Å². The molecule has 0 radical (unpaired) electrons. The minimum absolute atomic E-state index is 0.109. The number of fused-ring (bicyclic) bond motifs is 1. The fourth-order valence-corrected chi connectivity index (χ4v) is 4.52. The van der Waals surface area contributed by atoms with Crippen molar-refractivity contribution in [1.29, 1.82) is 5.26 Å². The summed E-state index contributed by atoms with van der Waals surface area (Å²) in [5.41, 5.74) is 4.12. The first-order valence-electron chi connectivity index (χ1n) is 11.1. The second-order valence-corrected chi connectivity index (χ2v) is 8.29. The topological polar surface area (TPSA) is 83.2 Å². The molecule has 6 nitrogen and oxygen atoms in total. The van der Waals surface area contributed by atoms with Gasteiger partial charge in [0.1, 0.15) is 24.1 Å². The van der Waals surface area contributed by atoms with Gasteiger partial charge in [-0.1, -0.05) is 49.6 Å². The Bertz CT molecular complexity index is 1320. The van der Waals surface area contributed by atoms with Crippen molar-refractivity contribution in [3.8, 4) is 23.1 Å². The van der Waals surface area contributed by atoms with Crippen LogP contribution in [0.15, 0.2) is 65.5 Å². The molecule has 0 spiro atoms. The Hall–Kier alpha value is -3.85. The van der Waals surface area contributed by atoms with E-state index in [9.17, 15) is 10.1 Å². The summed E-state index contributed by atoms with van der Waals surface area (Å²) >= 11 is 0. The van der Waals surface area contributed by atoms with Gasteiger partial charge in [0, 0.05) is 17.2 Å². The predicted molar refractivity (Wildman–Crippen MR) is 123 cm³/mol. The monoisotopic (exact) mass is 424 g/mol. The molecule has 6 heteroatoms. The van der Waals surface area contributed by atoms with E-state index in [2.05, 4.69) is 11.2 Å². The third kappa shape index (κ3) is 3.90. The Morgan fingerprint density at radius 1 is 1.06 bits per heavy atom. The highest BCUT2D eigenvalue weighted by Gasteiger charge is 2.25. The molecular formula is C26H24N4O2. The van der Waals surface area contributed by atoms with Crippen LogP contribution in [0.4, 0.5) is 0 Å². The summed E-state index contributed by atoms with van der Waals surface area (Å²) in [6.45, 7) is 0.499. The molecule has 2 aromatic carbocycles. The molecule has 0 amide bonds. The van der Waals surface area contributed by atoms with E-state index < -0.39 is 0 Å². The number of benzene rings is 2. The summed E-state index contributed by atoms with van der Waals surface area (Å²) in [6, 6.07) is 21.5. The molecule has 1 aliphatic rings. The molecule has 2 aromatic heterocycles. The normalized spacial score (nSPS) is 14.3. The number of nitrogens with zero attached hydrogens (tertiary/aromatic N) is 3. The Kier molecular flexibility index (Phi) is 5.47. The lowest BCUT2D eigenvalue weighted by Gasteiger charge is -2.23. The van der Waals surface area contributed by atoms with E-state index in [1.165, 1.54) is 10.9 Å². The van der Waals surface area contributed by atoms with Gasteiger partial charge in [-0.2, -0.15) is 5.26 Å². The standard InChI is InChI=1S/C26H24N4O2/c27-16-21-15-23-28-25(24(26(31)30(23)29-21)19-9-5-2-6-10-19)20-11-13-22(14-12-20)32-17-18-7-3-1-4-8-18/h1,3-4,7-8,11-15,19,29H,2,5-6,9-10,17H2. The summed E-state index contributed by atoms with van der Waals surface area (Å²) in [6.07, 6.45) is 5.41. The van der Waals surface area contributed by atoms with Crippen LogP contribution in [0.25, 0.3) is 16.9 Å². The molecule has 1 aliphatic carbocycles. The van der Waals surface area contributed by atoms with Gasteiger partial charge in [-0.15, -0.1) is 0 Å². The highest BCUT2D eigenvalue weighted by Crippen LogP contribution is 2.36. The van der Waals surface area contributed by atoms with Crippen LogP contribution in [0, 0.1) is 11.3 Å². The minimum Gasteiger partial charge on any atom is -0.489 e. The summed E-state index contributed by atoms with van der Waals surface area (Å²) in [4.78, 5) is 18.2. The van der Waals surface area contributed by atoms with E-state index in [0.29, 0.717) is 23.6 Å². The molecule has 0 aliphatic heterocycles. The molecule has 2 heterocycles. The Morgan fingerprint density at radius 2 is 1.81 bits per heavy atom. The highest BCUT2D eigenvalue weighted by molar-refractivity contribution is 5.67. The molecule has 4 aromatic rings. The number of hydrogen-bond acceptors (Lipinski definition) is 4. The van der Waals surface area contributed by atoms with Gasteiger partial charge in [0.05, 0.1) is 5.69 Å². The lowest BCUT2D eigenvalue weighted by molar-refractivity contribution is 0.306. The third-order valence-corrected chi connectivity index (χ3v) is 6.16. The number of hydrogen-bond donors (Lipinski definition) is 1. The second kappa shape index (κ2) is 8.72. The van der Waals surface area contributed by atoms with Crippen LogP contribution < -0.4 is 10.3 Å². The van der Waals surface area contributed by atoms with Crippen molar-refractivity contribution in [3.63, 3.8) is 0 Å². The number of aromatic amines is 1. The van der Waals surface area contributed by atoms with Gasteiger partial charge in [-0.25, -0.2) is 9.50 Å². The van der Waals surface area contributed by atoms with E-state index in [1.54, 1.807) is 6.07 Å². The molecular weight excluding hydrogens is 400 g/mol. The summed E-state index contributed by atoms with van der Waals surface area (Å²) < 4.78 is 7.32. The molecule has 1 saturated carbocycles. The summed E-state index contributed by atoms with van der Waals surface area (Å²) in [7, 11) is 0. The largest absolute Gasteiger partial charge is 0.489 e. The fraction of sp³-hybridized carbons (Fsp3) is 0.269. The van der Waals surface area contributed by atoms with E-state index in [1.807, 2.05) is 54.6 Å². The van der Waals surface area contributed by atoms with Gasteiger partial charge < -0.3 is 4.74 Å². The first-order valence-corrected chi connectivity index (χ1v) is 11.1. The van der Waals surface area contributed by atoms with Gasteiger partial charge >= 0.3 is 0 Å². The average Bonchev–Trinajstić information content (AvgIpc) is 3.28. The molecule has 0 unspecified atom stereocenters. The van der Waals surface area contributed by atoms with Crippen LogP contribution >= 0.6 is 0 Å². The van der Waals surface area contributed by atoms with Crippen LogP contribution in [-0.2, 0) is 6.61 Å². The number of nitrogens with one attached hydrogen (secondary N) is 1. The van der Waals surface area contributed by atoms with E-state index in [-0.39, 0.29) is 11.5 Å². The number of rotatable bonds is 5. The summed E-state index contributed by atoms with van der Waals surface area (Å²) in [5.74, 6) is 0.946. The predicted octanol–water partition coefficient (Wildman–Crippen LogP) is 5.19. The lowest BCUT2D eigenvalue weighted by atomic mass is 9.83. The maximum Gasteiger partial charge on any atom is 0.276 e. The first-order chi connectivity index (χ1) is 15.7. The molecule has 1 N–H and O–H groups in total. The molecule has 5 rings (SSSR count). The van der Waals surface area contributed by atoms with Crippen molar-refractivity contribution >= 4 is 5.65 Å². The molecule has 0 atom stereocenters. The van der Waals surface area contributed by atoms with Crippen LogP contribution in [0.1, 0.15) is 54.8 Å². The van der Waals surface area contributed by atoms with Gasteiger partial charge in [0.25, 0.3) is 5.56 Å². The number of nitriles is 1. The second-order valence-electron chi connectivity index (χ2n) is 8.29. The Morgan fingerprint density at radius 3 is 2.53 bits per heavy atom. The lowest BCUT2D eigenvalue weighted by Crippen LogP contribution is -2.25. The van der Waals surface area contributed by atoms with E-state index in [4.69, 9.17) is 9.72 Å². The Labute approximate surface area is 186 Å². The van der Waals surface area contributed by atoms with Gasteiger partial charge in [-0.3, -0.25) is 9.89 Å². The van der Waals surface area contributed by atoms with E-state index in [0.717, 1.165) is 48.1 Å². The highest BCUT2D eigenvalue weighted by atomic mass is 16.5. The van der Waals surface area contributed by atoms with Gasteiger partial charge in [0.15, 0.2) is 5.65 Å². The maximum absolute atomic E-state index is 13.4. The molecule has 1 fully saturated rings. The number of H-pyrrole nitrogens is 1. The third-order valence-electron chi connectivity index (χ3n) is 6.16. The van der Waals surface area contributed by atoms with Crippen molar-refractivity contribution in [3.05, 3.63) is 87.8 Å². The van der Waals surface area contributed by atoms with Gasteiger partial charge in [-0.05, 0) is 48.6 Å². The number of aromatic nitrogens is 3. The molecule has 0 saturated heterocycles. The van der Waals surface area contributed by atoms with Crippen molar-refractivity contribution < 1.29 is 4.74 Å². The quantitative estimate of drug-likeness (QED) is 0.478.